The number of nitrogens with one attached hydrogen (secondary N) is 1. The van der Waals surface area contributed by atoms with Gasteiger partial charge in [-0.3, -0.25) is 0 Å². The number of rotatable bonds is 1. The van der Waals surface area contributed by atoms with Crippen molar-refractivity contribution < 1.29 is 21.5 Å². The molecule has 1 rings (SSSR count). The van der Waals surface area contributed by atoms with E-state index in [1.54, 1.807) is 0 Å². The fraction of sp³-hybridized carbons (Fsp3) is 1.00. The molecular formula is C7H15IN-. The van der Waals surface area contributed by atoms with Crippen molar-refractivity contribution in [3.05, 3.63) is 0 Å². The van der Waals surface area contributed by atoms with Crippen LogP contribution in [0.4, 0.5) is 0 Å². The third kappa shape index (κ3) is 2.42. The van der Waals surface area contributed by atoms with Gasteiger partial charge in [-0.1, -0.05) is 0 Å². The molecule has 9 heavy (non-hydrogen) atoms. The zero-order valence-corrected chi connectivity index (χ0v) is 8.31. The monoisotopic (exact) mass is 240 g/mol. The van der Waals surface area contributed by atoms with Crippen molar-refractivity contribution in [3.63, 3.8) is 0 Å². The van der Waals surface area contributed by atoms with Gasteiger partial charge in [0.05, 0.1) is 0 Å². The standard InChI is InChI=1S/C7H15IN/c1-6(2)7-3-4-9-8-5-7/h6-7,9H,3-5H2,1-2H3/q-1. The van der Waals surface area contributed by atoms with Crippen LogP contribution in [0.2, 0.25) is 0 Å². The Labute approximate surface area is 68.2 Å². The normalized spacial score (nSPS) is 29.9. The van der Waals surface area contributed by atoms with Gasteiger partial charge in [0.1, 0.15) is 0 Å². The van der Waals surface area contributed by atoms with E-state index < -0.39 is 0 Å². The average Bonchev–Trinajstić information content (AvgIpc) is 1.90. The Morgan fingerprint density at radius 3 is 2.67 bits per heavy atom. The van der Waals surface area contributed by atoms with Crippen LogP contribution in [0.25, 0.3) is 0 Å². The second-order valence-corrected chi connectivity index (χ2v) is 5.37. The summed E-state index contributed by atoms with van der Waals surface area (Å²) in [5.74, 6) is 1.96. The van der Waals surface area contributed by atoms with Crippen LogP contribution >= 0.6 is 0 Å². The summed E-state index contributed by atoms with van der Waals surface area (Å²) in [5.41, 5.74) is 0. The van der Waals surface area contributed by atoms with Crippen molar-refractivity contribution in [3.8, 4) is 0 Å². The van der Waals surface area contributed by atoms with Crippen molar-refractivity contribution in [1.82, 2.24) is 3.53 Å². The van der Waals surface area contributed by atoms with Gasteiger partial charge in [-0.25, -0.2) is 0 Å². The van der Waals surface area contributed by atoms with Gasteiger partial charge in [0, 0.05) is 0 Å². The molecule has 1 nitrogen and oxygen atoms in total. The predicted octanol–water partition coefficient (Wildman–Crippen LogP) is -1.74. The van der Waals surface area contributed by atoms with E-state index in [0.717, 1.165) is 11.8 Å². The van der Waals surface area contributed by atoms with Gasteiger partial charge in [0.25, 0.3) is 0 Å². The minimum atomic E-state index is 0.391. The van der Waals surface area contributed by atoms with Crippen molar-refractivity contribution >= 4 is 0 Å². The molecule has 1 heterocycles. The molecule has 0 bridgehead atoms. The molecule has 0 aliphatic carbocycles. The first kappa shape index (κ1) is 7.79. The zero-order valence-electron chi connectivity index (χ0n) is 6.15. The molecule has 0 aromatic rings. The van der Waals surface area contributed by atoms with Crippen LogP contribution < -0.4 is 25.0 Å². The summed E-state index contributed by atoms with van der Waals surface area (Å²) in [7, 11) is 0. The number of halogens is 1. The van der Waals surface area contributed by atoms with Crippen LogP contribution in [0.15, 0.2) is 0 Å². The van der Waals surface area contributed by atoms with Crippen molar-refractivity contribution in [2.45, 2.75) is 20.3 Å². The molecule has 0 aromatic heterocycles. The molecule has 2 heteroatoms. The second kappa shape index (κ2) is 3.76. The van der Waals surface area contributed by atoms with Crippen molar-refractivity contribution in [2.75, 3.05) is 11.0 Å². The molecule has 0 radical (unpaired) electrons. The molecule has 1 unspecified atom stereocenters. The Kier molecular flexibility index (Phi) is 3.26. The van der Waals surface area contributed by atoms with Gasteiger partial charge in [-0.2, -0.15) is 0 Å². The number of alkyl halides is 1. The third-order valence-electron chi connectivity index (χ3n) is 1.92. The van der Waals surface area contributed by atoms with Crippen LogP contribution in [0.1, 0.15) is 20.3 Å². The molecule has 56 valence electrons. The Bertz CT molecular complexity index is 77.0. The van der Waals surface area contributed by atoms with E-state index in [9.17, 15) is 0 Å². The minimum absolute atomic E-state index is 0.391. The SMILES string of the molecule is CC(C)C1CCN[I-]C1. The first-order valence-electron chi connectivity index (χ1n) is 3.61. The van der Waals surface area contributed by atoms with E-state index in [0.29, 0.717) is 21.5 Å². The Morgan fingerprint density at radius 2 is 2.33 bits per heavy atom. The van der Waals surface area contributed by atoms with Crippen LogP contribution in [-0.4, -0.2) is 11.0 Å². The quantitative estimate of drug-likeness (QED) is 0.326. The maximum absolute atomic E-state index is 3.48. The number of hydrogen-bond acceptors (Lipinski definition) is 1. The van der Waals surface area contributed by atoms with E-state index in [1.807, 2.05) is 0 Å². The van der Waals surface area contributed by atoms with Gasteiger partial charge in [-0.15, -0.1) is 0 Å². The molecule has 0 saturated carbocycles. The topological polar surface area (TPSA) is 12.0 Å². The Morgan fingerprint density at radius 1 is 1.56 bits per heavy atom. The summed E-state index contributed by atoms with van der Waals surface area (Å²) in [6.07, 6.45) is 1.41. The molecule has 1 fully saturated rings. The fourth-order valence-electron chi connectivity index (χ4n) is 1.05. The predicted molar refractivity (Wildman–Crippen MR) is 35.8 cm³/mol. The van der Waals surface area contributed by atoms with Gasteiger partial charge in [0.15, 0.2) is 0 Å². The third-order valence-corrected chi connectivity index (χ3v) is 4.57. The number of hydrogen-bond donors (Lipinski definition) is 1. The summed E-state index contributed by atoms with van der Waals surface area (Å²) in [6.45, 7) is 5.98. The first-order chi connectivity index (χ1) is 4.30. The van der Waals surface area contributed by atoms with E-state index in [-0.39, 0.29) is 0 Å². The first-order valence-corrected chi connectivity index (χ1v) is 6.22. The molecule has 1 saturated heterocycles. The van der Waals surface area contributed by atoms with Crippen LogP contribution in [-0.2, 0) is 0 Å². The summed E-state index contributed by atoms with van der Waals surface area (Å²) in [6, 6.07) is 0. The van der Waals surface area contributed by atoms with Gasteiger partial charge >= 0.3 is 68.1 Å². The summed E-state index contributed by atoms with van der Waals surface area (Å²) in [5, 5.41) is 0. The maximum atomic E-state index is 3.48. The molecule has 1 aliphatic rings. The van der Waals surface area contributed by atoms with Crippen LogP contribution in [0, 0.1) is 11.8 Å². The summed E-state index contributed by atoms with van der Waals surface area (Å²) >= 11 is 0.391. The Hall–Kier alpha value is 0.690. The molecular weight excluding hydrogens is 225 g/mol. The van der Waals surface area contributed by atoms with Crippen LogP contribution in [0.3, 0.4) is 0 Å². The second-order valence-electron chi connectivity index (χ2n) is 2.96. The molecule has 1 atom stereocenters. The fourth-order valence-corrected chi connectivity index (χ4v) is 4.08. The van der Waals surface area contributed by atoms with E-state index in [4.69, 9.17) is 0 Å². The molecule has 1 N–H and O–H groups in total. The van der Waals surface area contributed by atoms with E-state index in [1.165, 1.54) is 17.4 Å². The molecule has 1 aliphatic heterocycles. The molecule has 0 amide bonds. The summed E-state index contributed by atoms with van der Waals surface area (Å²) in [4.78, 5) is 0. The molecule has 0 spiro atoms. The summed E-state index contributed by atoms with van der Waals surface area (Å²) < 4.78 is 4.98. The van der Waals surface area contributed by atoms with Gasteiger partial charge < -0.3 is 0 Å². The van der Waals surface area contributed by atoms with Gasteiger partial charge in [-0.05, 0) is 0 Å². The van der Waals surface area contributed by atoms with E-state index >= 15 is 0 Å². The zero-order chi connectivity index (χ0) is 6.69. The van der Waals surface area contributed by atoms with Crippen LogP contribution in [0.5, 0.6) is 0 Å². The van der Waals surface area contributed by atoms with Crippen molar-refractivity contribution in [1.29, 1.82) is 0 Å². The van der Waals surface area contributed by atoms with Gasteiger partial charge in [0.2, 0.25) is 0 Å². The molecule has 0 aromatic carbocycles. The average molecular weight is 240 g/mol. The Balaban J connectivity index is 2.23. The van der Waals surface area contributed by atoms with Crippen molar-refractivity contribution in [2.24, 2.45) is 11.8 Å². The van der Waals surface area contributed by atoms with E-state index in [2.05, 4.69) is 17.4 Å².